The number of nitrogens with zero attached hydrogens (tertiary/aromatic N) is 1. The van der Waals surface area contributed by atoms with Crippen LogP contribution in [0.5, 0.6) is 0 Å². The normalized spacial score (nSPS) is 12.7. The molecule has 23 heavy (non-hydrogen) atoms. The van der Waals surface area contributed by atoms with E-state index in [4.69, 9.17) is 0 Å². The summed E-state index contributed by atoms with van der Waals surface area (Å²) >= 11 is 0. The molecule has 0 saturated carbocycles. The van der Waals surface area contributed by atoms with Gasteiger partial charge in [-0.1, -0.05) is 18.2 Å². The Morgan fingerprint density at radius 3 is 2.57 bits per heavy atom. The summed E-state index contributed by atoms with van der Waals surface area (Å²) in [5.41, 5.74) is 0.654. The lowest BCUT2D eigenvalue weighted by Crippen LogP contribution is -2.40. The number of carbonyl (C=O) groups is 1. The first kappa shape index (κ1) is 17.1. The summed E-state index contributed by atoms with van der Waals surface area (Å²) in [5.74, 6) is -1.02. The van der Waals surface area contributed by atoms with E-state index in [0.29, 0.717) is 6.42 Å². The number of rotatable bonds is 6. The van der Waals surface area contributed by atoms with Crippen LogP contribution in [0.2, 0.25) is 0 Å². The summed E-state index contributed by atoms with van der Waals surface area (Å²) in [5, 5.41) is 12.5. The fourth-order valence-corrected chi connectivity index (χ4v) is 2.24. The molecule has 0 saturated heterocycles. The Labute approximate surface area is 135 Å². The Hall–Kier alpha value is -2.27. The predicted molar refractivity (Wildman–Crippen MR) is 86.4 cm³/mol. The zero-order valence-corrected chi connectivity index (χ0v) is 13.3. The molecule has 0 fully saturated rings. The SMILES string of the molecule is CC(C)(O)CNC(=O)C(Cc1cccnc1)c1ccc(F)cc1. The molecule has 1 unspecified atom stereocenters. The van der Waals surface area contributed by atoms with Crippen molar-refractivity contribution >= 4 is 5.91 Å². The minimum absolute atomic E-state index is 0.149. The molecule has 0 aliphatic heterocycles. The molecule has 1 atom stereocenters. The summed E-state index contributed by atoms with van der Waals surface area (Å²) in [6.45, 7) is 3.40. The van der Waals surface area contributed by atoms with Crippen LogP contribution < -0.4 is 5.32 Å². The van der Waals surface area contributed by atoms with Gasteiger partial charge in [-0.05, 0) is 49.6 Å². The molecule has 0 bridgehead atoms. The Morgan fingerprint density at radius 2 is 2.00 bits per heavy atom. The highest BCUT2D eigenvalue weighted by atomic mass is 19.1. The Kier molecular flexibility index (Phi) is 5.45. The first-order chi connectivity index (χ1) is 10.8. The third kappa shape index (κ3) is 5.45. The van der Waals surface area contributed by atoms with Crippen LogP contribution >= 0.6 is 0 Å². The van der Waals surface area contributed by atoms with Gasteiger partial charge in [-0.15, -0.1) is 0 Å². The third-order valence-corrected chi connectivity index (χ3v) is 3.45. The van der Waals surface area contributed by atoms with Gasteiger partial charge in [-0.3, -0.25) is 9.78 Å². The standard InChI is InChI=1S/C18H21FN2O2/c1-18(2,23)12-21-17(22)16(10-13-4-3-9-20-11-13)14-5-7-15(19)8-6-14/h3-9,11,16,23H,10,12H2,1-2H3,(H,21,22). The molecule has 0 aliphatic rings. The van der Waals surface area contributed by atoms with E-state index in [1.54, 1.807) is 38.4 Å². The number of carbonyl (C=O) groups excluding carboxylic acids is 1. The second kappa shape index (κ2) is 7.33. The first-order valence-corrected chi connectivity index (χ1v) is 7.49. The summed E-state index contributed by atoms with van der Waals surface area (Å²) < 4.78 is 13.1. The van der Waals surface area contributed by atoms with Crippen molar-refractivity contribution < 1.29 is 14.3 Å². The quantitative estimate of drug-likeness (QED) is 0.860. The van der Waals surface area contributed by atoms with Crippen LogP contribution in [0.3, 0.4) is 0 Å². The van der Waals surface area contributed by atoms with Gasteiger partial charge in [0.1, 0.15) is 5.82 Å². The molecule has 2 rings (SSSR count). The van der Waals surface area contributed by atoms with Gasteiger partial charge in [0.15, 0.2) is 0 Å². The van der Waals surface area contributed by atoms with E-state index in [0.717, 1.165) is 11.1 Å². The van der Waals surface area contributed by atoms with Gasteiger partial charge in [0.05, 0.1) is 11.5 Å². The highest BCUT2D eigenvalue weighted by Gasteiger charge is 2.23. The maximum atomic E-state index is 13.1. The molecule has 2 aromatic rings. The highest BCUT2D eigenvalue weighted by Crippen LogP contribution is 2.21. The predicted octanol–water partition coefficient (Wildman–Crippen LogP) is 2.43. The van der Waals surface area contributed by atoms with Crippen LogP contribution in [0.15, 0.2) is 48.8 Å². The molecule has 0 radical (unpaired) electrons. The smallest absolute Gasteiger partial charge is 0.227 e. The van der Waals surface area contributed by atoms with E-state index in [1.165, 1.54) is 12.1 Å². The largest absolute Gasteiger partial charge is 0.389 e. The second-order valence-corrected chi connectivity index (χ2v) is 6.20. The zero-order valence-electron chi connectivity index (χ0n) is 13.3. The minimum Gasteiger partial charge on any atom is -0.389 e. The fraction of sp³-hybridized carbons (Fsp3) is 0.333. The molecule has 0 aliphatic carbocycles. The maximum absolute atomic E-state index is 13.1. The number of pyridine rings is 1. The number of benzene rings is 1. The van der Waals surface area contributed by atoms with E-state index in [9.17, 15) is 14.3 Å². The van der Waals surface area contributed by atoms with Crippen molar-refractivity contribution in [1.82, 2.24) is 10.3 Å². The highest BCUT2D eigenvalue weighted by molar-refractivity contribution is 5.84. The molecule has 4 nitrogen and oxygen atoms in total. The van der Waals surface area contributed by atoms with Crippen molar-refractivity contribution in [3.63, 3.8) is 0 Å². The average Bonchev–Trinajstić information content (AvgIpc) is 2.52. The summed E-state index contributed by atoms with van der Waals surface area (Å²) in [6, 6.07) is 9.61. The maximum Gasteiger partial charge on any atom is 0.227 e. The number of hydrogen-bond donors (Lipinski definition) is 2. The lowest BCUT2D eigenvalue weighted by Gasteiger charge is -2.22. The monoisotopic (exact) mass is 316 g/mol. The molecule has 0 spiro atoms. The van der Waals surface area contributed by atoms with Crippen LogP contribution in [0.4, 0.5) is 4.39 Å². The van der Waals surface area contributed by atoms with E-state index >= 15 is 0 Å². The van der Waals surface area contributed by atoms with Crippen LogP contribution in [-0.4, -0.2) is 28.1 Å². The molecule has 1 heterocycles. The Morgan fingerprint density at radius 1 is 1.30 bits per heavy atom. The van der Waals surface area contributed by atoms with Gasteiger partial charge in [-0.2, -0.15) is 0 Å². The Balaban J connectivity index is 2.20. The van der Waals surface area contributed by atoms with E-state index in [2.05, 4.69) is 10.3 Å². The lowest BCUT2D eigenvalue weighted by molar-refractivity contribution is -0.123. The minimum atomic E-state index is -0.989. The second-order valence-electron chi connectivity index (χ2n) is 6.20. The number of amides is 1. The number of aromatic nitrogens is 1. The van der Waals surface area contributed by atoms with Crippen molar-refractivity contribution in [2.75, 3.05) is 6.54 Å². The van der Waals surface area contributed by atoms with Gasteiger partial charge in [0.2, 0.25) is 5.91 Å². The van der Waals surface area contributed by atoms with Crippen LogP contribution in [0.25, 0.3) is 0 Å². The number of nitrogens with one attached hydrogen (secondary N) is 1. The number of aliphatic hydroxyl groups is 1. The first-order valence-electron chi connectivity index (χ1n) is 7.49. The topological polar surface area (TPSA) is 62.2 Å². The third-order valence-electron chi connectivity index (χ3n) is 3.45. The molecule has 1 amide bonds. The molecule has 5 heteroatoms. The van der Waals surface area contributed by atoms with E-state index in [-0.39, 0.29) is 18.3 Å². The molecule has 1 aromatic carbocycles. The summed E-state index contributed by atoms with van der Waals surface area (Å²) in [4.78, 5) is 16.6. The van der Waals surface area contributed by atoms with Gasteiger partial charge >= 0.3 is 0 Å². The van der Waals surface area contributed by atoms with Crippen molar-refractivity contribution in [1.29, 1.82) is 0 Å². The Bertz CT molecular complexity index is 636. The molecular formula is C18H21FN2O2. The van der Waals surface area contributed by atoms with Crippen LogP contribution in [0, 0.1) is 5.82 Å². The molecule has 2 N–H and O–H groups in total. The van der Waals surface area contributed by atoms with Crippen LogP contribution in [0.1, 0.15) is 30.9 Å². The molecule has 122 valence electrons. The fourth-order valence-electron chi connectivity index (χ4n) is 2.24. The number of halogens is 1. The van der Waals surface area contributed by atoms with Gasteiger partial charge < -0.3 is 10.4 Å². The van der Waals surface area contributed by atoms with E-state index in [1.807, 2.05) is 12.1 Å². The average molecular weight is 316 g/mol. The molecular weight excluding hydrogens is 295 g/mol. The van der Waals surface area contributed by atoms with Crippen molar-refractivity contribution in [2.24, 2.45) is 0 Å². The summed E-state index contributed by atoms with van der Waals surface area (Å²) in [7, 11) is 0. The van der Waals surface area contributed by atoms with Crippen LogP contribution in [-0.2, 0) is 11.2 Å². The van der Waals surface area contributed by atoms with Gasteiger partial charge in [-0.25, -0.2) is 4.39 Å². The number of hydrogen-bond acceptors (Lipinski definition) is 3. The van der Waals surface area contributed by atoms with Gasteiger partial charge in [0.25, 0.3) is 0 Å². The van der Waals surface area contributed by atoms with E-state index < -0.39 is 11.5 Å². The molecule has 1 aromatic heterocycles. The summed E-state index contributed by atoms with van der Waals surface area (Å²) in [6.07, 6.45) is 3.84. The van der Waals surface area contributed by atoms with Gasteiger partial charge in [0, 0.05) is 18.9 Å². The lowest BCUT2D eigenvalue weighted by atomic mass is 9.91. The van der Waals surface area contributed by atoms with Crippen molar-refractivity contribution in [3.05, 3.63) is 65.7 Å². The zero-order chi connectivity index (χ0) is 16.9. The van der Waals surface area contributed by atoms with Crippen molar-refractivity contribution in [2.45, 2.75) is 31.8 Å². The van der Waals surface area contributed by atoms with Crippen molar-refractivity contribution in [3.8, 4) is 0 Å².